The van der Waals surface area contributed by atoms with Crippen LogP contribution in [0.5, 0.6) is 11.5 Å². The molecule has 1 unspecified atom stereocenters. The number of hydrogen-bond donors (Lipinski definition) is 1. The lowest BCUT2D eigenvalue weighted by Gasteiger charge is -2.16. The quantitative estimate of drug-likeness (QED) is 0.616. The van der Waals surface area contributed by atoms with E-state index in [2.05, 4.69) is 15.5 Å². The van der Waals surface area contributed by atoms with Crippen molar-refractivity contribution in [2.75, 3.05) is 7.11 Å². The molecule has 0 spiro atoms. The van der Waals surface area contributed by atoms with E-state index in [1.165, 1.54) is 0 Å². The number of ether oxygens (including phenoxy) is 2. The lowest BCUT2D eigenvalue weighted by atomic mass is 10.2. The fourth-order valence-electron chi connectivity index (χ4n) is 2.50. The van der Waals surface area contributed by atoms with Gasteiger partial charge < -0.3 is 19.3 Å². The van der Waals surface area contributed by atoms with E-state index >= 15 is 0 Å². The van der Waals surface area contributed by atoms with Crippen LogP contribution >= 0.6 is 11.6 Å². The number of rotatable bonds is 8. The van der Waals surface area contributed by atoms with Crippen LogP contribution in [-0.4, -0.2) is 29.3 Å². The molecule has 0 aliphatic heterocycles. The molecule has 3 aromatic rings. The fraction of sp³-hybridized carbons (Fsp3) is 0.250. The number of hydrogen-bond acceptors (Lipinski definition) is 6. The van der Waals surface area contributed by atoms with Gasteiger partial charge in [-0.25, -0.2) is 0 Å². The van der Waals surface area contributed by atoms with Gasteiger partial charge in [-0.2, -0.15) is 4.98 Å². The monoisotopic (exact) mass is 401 g/mol. The summed E-state index contributed by atoms with van der Waals surface area (Å²) in [7, 11) is 1.59. The summed E-state index contributed by atoms with van der Waals surface area (Å²) < 4.78 is 16.1. The fourth-order valence-corrected chi connectivity index (χ4v) is 2.72. The summed E-state index contributed by atoms with van der Waals surface area (Å²) in [6.45, 7) is 1.97. The Balaban J connectivity index is 1.58. The van der Waals surface area contributed by atoms with E-state index in [0.29, 0.717) is 28.6 Å². The van der Waals surface area contributed by atoms with E-state index in [9.17, 15) is 4.79 Å². The van der Waals surface area contributed by atoms with Gasteiger partial charge in [-0.05, 0) is 42.8 Å². The van der Waals surface area contributed by atoms with E-state index in [1.807, 2.05) is 19.1 Å². The van der Waals surface area contributed by atoms with Crippen LogP contribution in [0.15, 0.2) is 53.1 Å². The van der Waals surface area contributed by atoms with Gasteiger partial charge in [-0.1, -0.05) is 35.8 Å². The Hall–Kier alpha value is -3.06. The normalized spacial score (nSPS) is 11.7. The summed E-state index contributed by atoms with van der Waals surface area (Å²) in [5, 5.41) is 7.19. The molecule has 0 bridgehead atoms. The maximum atomic E-state index is 12.4. The third-order valence-electron chi connectivity index (χ3n) is 4.00. The van der Waals surface area contributed by atoms with Gasteiger partial charge in [0, 0.05) is 5.56 Å². The lowest BCUT2D eigenvalue weighted by molar-refractivity contribution is -0.128. The molecule has 7 nitrogen and oxygen atoms in total. The number of carbonyl (C=O) groups is 1. The van der Waals surface area contributed by atoms with Gasteiger partial charge in [-0.3, -0.25) is 4.79 Å². The second-order valence-corrected chi connectivity index (χ2v) is 6.31. The first-order valence-electron chi connectivity index (χ1n) is 8.76. The number of amides is 1. The number of aromatic nitrogens is 2. The molecule has 146 valence electrons. The van der Waals surface area contributed by atoms with Crippen LogP contribution in [0, 0.1) is 0 Å². The van der Waals surface area contributed by atoms with Crippen LogP contribution in [0.2, 0.25) is 5.02 Å². The van der Waals surface area contributed by atoms with Gasteiger partial charge in [0.15, 0.2) is 6.10 Å². The number of nitrogens with one attached hydrogen (secondary N) is 1. The molecule has 0 fully saturated rings. The van der Waals surface area contributed by atoms with Crippen LogP contribution in [0.25, 0.3) is 11.4 Å². The van der Waals surface area contributed by atoms with Gasteiger partial charge in [0.2, 0.25) is 11.7 Å². The highest BCUT2D eigenvalue weighted by atomic mass is 35.5. The molecular formula is C20H20ClN3O4. The molecule has 1 aromatic heterocycles. The molecule has 0 aliphatic rings. The van der Waals surface area contributed by atoms with Gasteiger partial charge in [0.1, 0.15) is 11.5 Å². The number of nitrogens with zero attached hydrogens (tertiary/aromatic N) is 2. The van der Waals surface area contributed by atoms with Crippen molar-refractivity contribution in [1.82, 2.24) is 15.5 Å². The van der Waals surface area contributed by atoms with E-state index in [0.717, 1.165) is 5.75 Å². The van der Waals surface area contributed by atoms with Crippen molar-refractivity contribution < 1.29 is 18.8 Å². The van der Waals surface area contributed by atoms with Gasteiger partial charge in [-0.15, -0.1) is 0 Å². The number of benzene rings is 2. The van der Waals surface area contributed by atoms with Crippen LogP contribution in [0.1, 0.15) is 19.2 Å². The van der Waals surface area contributed by atoms with Crippen molar-refractivity contribution in [3.05, 3.63) is 59.4 Å². The van der Waals surface area contributed by atoms with Crippen LogP contribution < -0.4 is 14.8 Å². The average molecular weight is 402 g/mol. The molecule has 1 N–H and O–H groups in total. The van der Waals surface area contributed by atoms with Crippen LogP contribution in [-0.2, 0) is 11.3 Å². The molecule has 0 saturated heterocycles. The van der Waals surface area contributed by atoms with E-state index < -0.39 is 6.10 Å². The van der Waals surface area contributed by atoms with E-state index in [-0.39, 0.29) is 18.3 Å². The zero-order chi connectivity index (χ0) is 19.9. The predicted molar refractivity (Wildman–Crippen MR) is 104 cm³/mol. The second-order valence-electron chi connectivity index (χ2n) is 5.90. The smallest absolute Gasteiger partial charge is 0.261 e. The standard InChI is InChI=1S/C20H20ClN3O4/c1-3-17(27-14-10-8-13(26-2)9-11-14)20(25)22-12-18-23-19(24-28-18)15-6-4-5-7-16(15)21/h4-11,17H,3,12H2,1-2H3,(H,22,25). The van der Waals surface area contributed by atoms with Gasteiger partial charge in [0.25, 0.3) is 5.91 Å². The van der Waals surface area contributed by atoms with Crippen LogP contribution in [0.4, 0.5) is 0 Å². The van der Waals surface area contributed by atoms with Crippen molar-refractivity contribution >= 4 is 17.5 Å². The largest absolute Gasteiger partial charge is 0.497 e. The molecule has 3 rings (SSSR count). The molecule has 2 aromatic carbocycles. The first kappa shape index (κ1) is 19.7. The maximum Gasteiger partial charge on any atom is 0.261 e. The van der Waals surface area contributed by atoms with Gasteiger partial charge >= 0.3 is 0 Å². The molecule has 0 aliphatic carbocycles. The summed E-state index contributed by atoms with van der Waals surface area (Å²) in [6, 6.07) is 14.2. The summed E-state index contributed by atoms with van der Waals surface area (Å²) in [4.78, 5) is 16.7. The Labute approximate surface area is 167 Å². The highest BCUT2D eigenvalue weighted by molar-refractivity contribution is 6.33. The van der Waals surface area contributed by atoms with Crippen molar-refractivity contribution in [2.24, 2.45) is 0 Å². The predicted octanol–water partition coefficient (Wildman–Crippen LogP) is 3.87. The number of carbonyl (C=O) groups excluding carboxylic acids is 1. The third kappa shape index (κ3) is 4.80. The van der Waals surface area contributed by atoms with E-state index in [1.54, 1.807) is 43.5 Å². The second kappa shape index (κ2) is 9.23. The van der Waals surface area contributed by atoms with Crippen LogP contribution in [0.3, 0.4) is 0 Å². The molecule has 28 heavy (non-hydrogen) atoms. The summed E-state index contributed by atoms with van der Waals surface area (Å²) in [6.07, 6.45) is -0.133. The molecule has 0 saturated carbocycles. The zero-order valence-corrected chi connectivity index (χ0v) is 16.3. The molecule has 1 atom stereocenters. The summed E-state index contributed by atoms with van der Waals surface area (Å²) in [5.74, 6) is 1.69. The van der Waals surface area contributed by atoms with Gasteiger partial charge in [0.05, 0.1) is 18.7 Å². The summed E-state index contributed by atoms with van der Waals surface area (Å²) >= 11 is 6.14. The molecule has 0 radical (unpaired) electrons. The first-order valence-corrected chi connectivity index (χ1v) is 9.14. The highest BCUT2D eigenvalue weighted by Gasteiger charge is 2.19. The SMILES string of the molecule is CCC(Oc1ccc(OC)cc1)C(=O)NCc1nc(-c2ccccc2Cl)no1. The van der Waals surface area contributed by atoms with Crippen molar-refractivity contribution in [3.63, 3.8) is 0 Å². The highest BCUT2D eigenvalue weighted by Crippen LogP contribution is 2.24. The zero-order valence-electron chi connectivity index (χ0n) is 15.5. The molecular weight excluding hydrogens is 382 g/mol. The summed E-state index contributed by atoms with van der Waals surface area (Å²) in [5.41, 5.74) is 0.666. The Morgan fingerprint density at radius 3 is 2.57 bits per heavy atom. The Morgan fingerprint density at radius 1 is 1.18 bits per heavy atom. The average Bonchev–Trinajstić information content (AvgIpc) is 3.19. The molecule has 1 heterocycles. The number of halogens is 1. The topological polar surface area (TPSA) is 86.5 Å². The minimum Gasteiger partial charge on any atom is -0.497 e. The Morgan fingerprint density at radius 2 is 1.89 bits per heavy atom. The van der Waals surface area contributed by atoms with Crippen molar-refractivity contribution in [3.8, 4) is 22.9 Å². The minimum atomic E-state index is -0.639. The maximum absolute atomic E-state index is 12.4. The molecule has 8 heteroatoms. The Bertz CT molecular complexity index is 927. The molecule has 1 amide bonds. The van der Waals surface area contributed by atoms with E-state index in [4.69, 9.17) is 25.6 Å². The van der Waals surface area contributed by atoms with Crippen molar-refractivity contribution in [1.29, 1.82) is 0 Å². The first-order chi connectivity index (χ1) is 13.6. The minimum absolute atomic E-state index is 0.0960. The number of methoxy groups -OCH3 is 1. The third-order valence-corrected chi connectivity index (χ3v) is 4.33. The van der Waals surface area contributed by atoms with Crippen molar-refractivity contribution in [2.45, 2.75) is 26.0 Å². The lowest BCUT2D eigenvalue weighted by Crippen LogP contribution is -2.37. The Kier molecular flexibility index (Phi) is 6.49.